The number of nitrogens with one attached hydrogen (secondary N) is 2. The molecule has 0 spiro atoms. The molecule has 206 valence electrons. The highest BCUT2D eigenvalue weighted by Crippen LogP contribution is 2.33. The van der Waals surface area contributed by atoms with Gasteiger partial charge in [-0.3, -0.25) is 10.2 Å². The van der Waals surface area contributed by atoms with Crippen LogP contribution in [-0.4, -0.2) is 81.2 Å². The van der Waals surface area contributed by atoms with E-state index in [1.54, 1.807) is 4.52 Å². The van der Waals surface area contributed by atoms with Crippen molar-refractivity contribution in [1.82, 2.24) is 35.0 Å². The molecule has 0 unspecified atom stereocenters. The molecule has 0 radical (unpaired) electrons. The fourth-order valence-electron chi connectivity index (χ4n) is 4.83. The second kappa shape index (κ2) is 12.5. The number of anilines is 1. The molecule has 1 aliphatic carbocycles. The normalized spacial score (nSPS) is 17.0. The zero-order valence-corrected chi connectivity index (χ0v) is 23.3. The van der Waals surface area contributed by atoms with Gasteiger partial charge in [-0.15, -0.1) is 15.3 Å². The molecule has 4 aromatic rings. The summed E-state index contributed by atoms with van der Waals surface area (Å²) in [5, 5.41) is 20.3. The SMILES string of the molecule is O=C(NCCCN1CCOCC1)Nc1nc2ccc(Sc3nnc4ccc(OC5CCCCC5)nn34)cc2s1. The molecule has 1 saturated heterocycles. The first-order chi connectivity index (χ1) is 19.2. The summed E-state index contributed by atoms with van der Waals surface area (Å²) < 4.78 is 14.2. The van der Waals surface area contributed by atoms with Gasteiger partial charge in [0.25, 0.3) is 0 Å². The summed E-state index contributed by atoms with van der Waals surface area (Å²) in [6.45, 7) is 5.05. The number of fused-ring (bicyclic) bond motifs is 2. The van der Waals surface area contributed by atoms with E-state index in [0.29, 0.717) is 28.4 Å². The number of hydrogen-bond donors (Lipinski definition) is 2. The lowest BCUT2D eigenvalue weighted by Crippen LogP contribution is -2.38. The van der Waals surface area contributed by atoms with Crippen molar-refractivity contribution in [2.45, 2.75) is 54.7 Å². The summed E-state index contributed by atoms with van der Waals surface area (Å²) >= 11 is 2.92. The van der Waals surface area contributed by atoms with Gasteiger partial charge < -0.3 is 14.8 Å². The molecule has 2 amide bonds. The summed E-state index contributed by atoms with van der Waals surface area (Å²) in [6, 6.07) is 9.51. The molecule has 1 saturated carbocycles. The van der Waals surface area contributed by atoms with Gasteiger partial charge in [-0.2, -0.15) is 4.52 Å². The van der Waals surface area contributed by atoms with Crippen LogP contribution in [0, 0.1) is 0 Å². The Kier molecular flexibility index (Phi) is 8.38. The van der Waals surface area contributed by atoms with Gasteiger partial charge in [0.05, 0.1) is 23.4 Å². The number of ether oxygens (including phenoxy) is 2. The van der Waals surface area contributed by atoms with Gasteiger partial charge in [-0.05, 0) is 74.7 Å². The molecule has 11 nitrogen and oxygen atoms in total. The summed E-state index contributed by atoms with van der Waals surface area (Å²) in [5.41, 5.74) is 1.51. The molecule has 1 aliphatic heterocycles. The zero-order valence-electron chi connectivity index (χ0n) is 21.7. The van der Waals surface area contributed by atoms with Crippen LogP contribution in [0.5, 0.6) is 5.88 Å². The van der Waals surface area contributed by atoms with Crippen LogP contribution in [0.15, 0.2) is 40.4 Å². The number of aromatic nitrogens is 5. The Labute approximate surface area is 234 Å². The molecular weight excluding hydrogens is 536 g/mol. The highest BCUT2D eigenvalue weighted by molar-refractivity contribution is 7.99. The van der Waals surface area contributed by atoms with Crippen LogP contribution >= 0.6 is 23.1 Å². The molecule has 3 aromatic heterocycles. The molecule has 13 heteroatoms. The Bertz CT molecular complexity index is 1410. The fourth-order valence-corrected chi connectivity index (χ4v) is 6.63. The van der Waals surface area contributed by atoms with Crippen molar-refractivity contribution in [3.63, 3.8) is 0 Å². The van der Waals surface area contributed by atoms with Crippen LogP contribution in [0.3, 0.4) is 0 Å². The molecular formula is C26H32N8O3S2. The molecule has 2 N–H and O–H groups in total. The van der Waals surface area contributed by atoms with E-state index in [4.69, 9.17) is 9.47 Å². The number of benzene rings is 1. The first-order valence-corrected chi connectivity index (χ1v) is 15.2. The Balaban J connectivity index is 1.05. The van der Waals surface area contributed by atoms with Gasteiger partial charge in [0.2, 0.25) is 11.0 Å². The smallest absolute Gasteiger partial charge is 0.321 e. The van der Waals surface area contributed by atoms with Crippen LogP contribution in [0.2, 0.25) is 0 Å². The zero-order chi connectivity index (χ0) is 26.4. The Morgan fingerprint density at radius 1 is 1.13 bits per heavy atom. The number of rotatable bonds is 9. The minimum absolute atomic E-state index is 0.227. The first kappa shape index (κ1) is 26.2. The van der Waals surface area contributed by atoms with Crippen molar-refractivity contribution < 1.29 is 14.3 Å². The lowest BCUT2D eigenvalue weighted by atomic mass is 9.98. The van der Waals surface area contributed by atoms with Gasteiger partial charge in [0.15, 0.2) is 10.8 Å². The second-order valence-electron chi connectivity index (χ2n) is 9.74. The Morgan fingerprint density at radius 2 is 2.00 bits per heavy atom. The Hall–Kier alpha value is -3.00. The predicted octanol–water partition coefficient (Wildman–Crippen LogP) is 4.44. The van der Waals surface area contributed by atoms with Crippen LogP contribution in [0.25, 0.3) is 15.9 Å². The summed E-state index contributed by atoms with van der Waals surface area (Å²) in [5.74, 6) is 0.601. The van der Waals surface area contributed by atoms with Crippen molar-refractivity contribution in [2.75, 3.05) is 44.7 Å². The van der Waals surface area contributed by atoms with Crippen molar-refractivity contribution in [3.8, 4) is 5.88 Å². The number of carbonyl (C=O) groups is 1. The molecule has 6 rings (SSSR count). The van der Waals surface area contributed by atoms with Crippen molar-refractivity contribution >= 4 is 50.1 Å². The van der Waals surface area contributed by atoms with Gasteiger partial charge in [-0.25, -0.2) is 9.78 Å². The maximum atomic E-state index is 12.4. The van der Waals surface area contributed by atoms with E-state index in [1.807, 2.05) is 30.3 Å². The van der Waals surface area contributed by atoms with Crippen molar-refractivity contribution in [3.05, 3.63) is 30.3 Å². The monoisotopic (exact) mass is 568 g/mol. The van der Waals surface area contributed by atoms with Gasteiger partial charge >= 0.3 is 6.03 Å². The molecule has 2 fully saturated rings. The maximum Gasteiger partial charge on any atom is 0.321 e. The number of thiazole rings is 1. The van der Waals surface area contributed by atoms with Gasteiger partial charge in [0.1, 0.15) is 6.10 Å². The largest absolute Gasteiger partial charge is 0.473 e. The van der Waals surface area contributed by atoms with E-state index in [9.17, 15) is 4.79 Å². The molecule has 4 heterocycles. The molecule has 0 atom stereocenters. The van der Waals surface area contributed by atoms with Gasteiger partial charge in [0, 0.05) is 30.6 Å². The van der Waals surface area contributed by atoms with E-state index >= 15 is 0 Å². The first-order valence-electron chi connectivity index (χ1n) is 13.5. The summed E-state index contributed by atoms with van der Waals surface area (Å²) in [7, 11) is 0. The molecule has 1 aromatic carbocycles. The molecule has 2 aliphatic rings. The second-order valence-corrected chi connectivity index (χ2v) is 11.8. The van der Waals surface area contributed by atoms with E-state index in [-0.39, 0.29) is 12.1 Å². The van der Waals surface area contributed by atoms with Crippen molar-refractivity contribution in [1.29, 1.82) is 0 Å². The van der Waals surface area contributed by atoms with Gasteiger partial charge in [-0.1, -0.05) is 17.8 Å². The highest BCUT2D eigenvalue weighted by atomic mass is 32.2. The number of morpholine rings is 1. The Morgan fingerprint density at radius 3 is 2.87 bits per heavy atom. The third kappa shape index (κ3) is 6.78. The predicted molar refractivity (Wildman–Crippen MR) is 151 cm³/mol. The van der Waals surface area contributed by atoms with E-state index < -0.39 is 0 Å². The third-order valence-corrected chi connectivity index (χ3v) is 8.74. The minimum atomic E-state index is -0.238. The van der Waals surface area contributed by atoms with Crippen LogP contribution in [-0.2, 0) is 4.74 Å². The average Bonchev–Trinajstić information content (AvgIpc) is 3.55. The number of nitrogens with zero attached hydrogens (tertiary/aromatic N) is 6. The van der Waals surface area contributed by atoms with E-state index in [1.165, 1.54) is 42.4 Å². The van der Waals surface area contributed by atoms with E-state index in [2.05, 4.69) is 35.8 Å². The molecule has 39 heavy (non-hydrogen) atoms. The number of amides is 2. The quantitative estimate of drug-likeness (QED) is 0.283. The highest BCUT2D eigenvalue weighted by Gasteiger charge is 2.17. The lowest BCUT2D eigenvalue weighted by Gasteiger charge is -2.26. The van der Waals surface area contributed by atoms with Crippen LogP contribution in [0.1, 0.15) is 38.5 Å². The summed E-state index contributed by atoms with van der Waals surface area (Å²) in [4.78, 5) is 20.3. The van der Waals surface area contributed by atoms with E-state index in [0.717, 1.165) is 67.2 Å². The summed E-state index contributed by atoms with van der Waals surface area (Å²) in [6.07, 6.45) is 6.97. The van der Waals surface area contributed by atoms with Crippen LogP contribution in [0.4, 0.5) is 9.93 Å². The third-order valence-electron chi connectivity index (χ3n) is 6.88. The maximum absolute atomic E-state index is 12.4. The fraction of sp³-hybridized carbons (Fsp3) is 0.500. The molecule has 0 bridgehead atoms. The van der Waals surface area contributed by atoms with Crippen molar-refractivity contribution in [2.24, 2.45) is 0 Å². The number of urea groups is 1. The minimum Gasteiger partial charge on any atom is -0.473 e. The number of carbonyl (C=O) groups excluding carboxylic acids is 1. The lowest BCUT2D eigenvalue weighted by molar-refractivity contribution is 0.0375. The van der Waals surface area contributed by atoms with Crippen LogP contribution < -0.4 is 15.4 Å². The average molecular weight is 569 g/mol. The topological polar surface area (TPSA) is 119 Å². The number of hydrogen-bond acceptors (Lipinski definition) is 10. The standard InChI is InChI=1S/C26H32N8O3S2/c35-24(27-11-4-12-33-13-15-36-16-14-33)29-25-28-20-8-7-19(17-21(20)39-25)38-26-31-30-22-9-10-23(32-34(22)26)37-18-5-2-1-3-6-18/h7-10,17-18H,1-6,11-16H2,(H2,27,28,29,35).